The first kappa shape index (κ1) is 15.2. The molecule has 0 amide bonds. The maximum atomic E-state index is 13.3. The van der Waals surface area contributed by atoms with Crippen molar-refractivity contribution in [1.29, 1.82) is 0 Å². The van der Waals surface area contributed by atoms with Crippen LogP contribution in [0.15, 0.2) is 16.6 Å². The standard InChI is InChI=1S/C11H14BrFN2O2S/c1-3-18-6-7(2)14-10-4-8(12)9(13)5-11(10)15(16)17/h4-5,7,14H,3,6H2,1-2H3. The zero-order valence-electron chi connectivity index (χ0n) is 10.1. The van der Waals surface area contributed by atoms with E-state index in [-0.39, 0.29) is 16.2 Å². The summed E-state index contributed by atoms with van der Waals surface area (Å²) in [6.07, 6.45) is 0. The molecule has 7 heteroatoms. The zero-order chi connectivity index (χ0) is 13.7. The summed E-state index contributed by atoms with van der Waals surface area (Å²) in [6.45, 7) is 3.98. The van der Waals surface area contributed by atoms with Crippen LogP contribution in [0.25, 0.3) is 0 Å². The average molecular weight is 337 g/mol. The molecule has 0 aliphatic heterocycles. The van der Waals surface area contributed by atoms with Gasteiger partial charge < -0.3 is 5.32 Å². The maximum Gasteiger partial charge on any atom is 0.295 e. The van der Waals surface area contributed by atoms with Gasteiger partial charge in [-0.05, 0) is 34.7 Å². The van der Waals surface area contributed by atoms with Crippen LogP contribution in [0.5, 0.6) is 0 Å². The lowest BCUT2D eigenvalue weighted by molar-refractivity contribution is -0.384. The molecule has 0 aliphatic carbocycles. The topological polar surface area (TPSA) is 55.2 Å². The van der Waals surface area contributed by atoms with Crippen molar-refractivity contribution in [3.8, 4) is 0 Å². The second-order valence-electron chi connectivity index (χ2n) is 3.75. The number of thioether (sulfide) groups is 1. The third-order valence-electron chi connectivity index (χ3n) is 2.21. The number of nitrogens with zero attached hydrogens (tertiary/aromatic N) is 1. The molecular weight excluding hydrogens is 323 g/mol. The number of anilines is 1. The fourth-order valence-electron chi connectivity index (χ4n) is 1.40. The van der Waals surface area contributed by atoms with Gasteiger partial charge in [0.05, 0.1) is 15.5 Å². The van der Waals surface area contributed by atoms with Crippen LogP contribution in [0.2, 0.25) is 0 Å². The van der Waals surface area contributed by atoms with E-state index in [9.17, 15) is 14.5 Å². The molecule has 1 aromatic carbocycles. The highest BCUT2D eigenvalue weighted by atomic mass is 79.9. The highest BCUT2D eigenvalue weighted by Gasteiger charge is 2.18. The Morgan fingerprint density at radius 3 is 2.83 bits per heavy atom. The number of hydrogen-bond donors (Lipinski definition) is 1. The summed E-state index contributed by atoms with van der Waals surface area (Å²) in [6, 6.07) is 2.40. The summed E-state index contributed by atoms with van der Waals surface area (Å²) < 4.78 is 13.5. The predicted molar refractivity (Wildman–Crippen MR) is 76.8 cm³/mol. The molecule has 4 nitrogen and oxygen atoms in total. The van der Waals surface area contributed by atoms with Gasteiger partial charge in [0, 0.05) is 11.8 Å². The number of nitro benzene ring substituents is 1. The van der Waals surface area contributed by atoms with Crippen LogP contribution < -0.4 is 5.32 Å². The summed E-state index contributed by atoms with van der Waals surface area (Å²) in [5, 5.41) is 13.9. The zero-order valence-corrected chi connectivity index (χ0v) is 12.5. The van der Waals surface area contributed by atoms with Crippen LogP contribution in [0.3, 0.4) is 0 Å². The monoisotopic (exact) mass is 336 g/mol. The lowest BCUT2D eigenvalue weighted by Crippen LogP contribution is -2.19. The molecule has 0 bridgehead atoms. The van der Waals surface area contributed by atoms with E-state index in [1.807, 2.05) is 13.8 Å². The Kier molecular flexibility index (Phi) is 5.87. The van der Waals surface area contributed by atoms with Crippen LogP contribution in [-0.2, 0) is 0 Å². The van der Waals surface area contributed by atoms with Crippen LogP contribution in [0.1, 0.15) is 13.8 Å². The van der Waals surface area contributed by atoms with E-state index in [1.54, 1.807) is 11.8 Å². The number of halogens is 2. The number of nitro groups is 1. The Hall–Kier alpha value is -0.820. The third-order valence-corrected chi connectivity index (χ3v) is 3.96. The van der Waals surface area contributed by atoms with Crippen molar-refractivity contribution in [2.45, 2.75) is 19.9 Å². The van der Waals surface area contributed by atoms with Gasteiger partial charge in [0.25, 0.3) is 5.69 Å². The molecule has 0 aromatic heterocycles. The maximum absolute atomic E-state index is 13.3. The van der Waals surface area contributed by atoms with Gasteiger partial charge in [-0.3, -0.25) is 10.1 Å². The highest BCUT2D eigenvalue weighted by Crippen LogP contribution is 2.31. The van der Waals surface area contributed by atoms with Crippen molar-refractivity contribution in [2.75, 3.05) is 16.8 Å². The fraction of sp³-hybridized carbons (Fsp3) is 0.455. The summed E-state index contributed by atoms with van der Waals surface area (Å²) in [7, 11) is 0. The van der Waals surface area contributed by atoms with Crippen LogP contribution in [0, 0.1) is 15.9 Å². The molecule has 0 radical (unpaired) electrons. The quantitative estimate of drug-likeness (QED) is 0.628. The second-order valence-corrected chi connectivity index (χ2v) is 5.92. The number of benzene rings is 1. The lowest BCUT2D eigenvalue weighted by atomic mass is 10.2. The first-order chi connectivity index (χ1) is 8.45. The lowest BCUT2D eigenvalue weighted by Gasteiger charge is -2.15. The molecule has 1 N–H and O–H groups in total. The third kappa shape index (κ3) is 4.13. The van der Waals surface area contributed by atoms with Gasteiger partial charge in [-0.2, -0.15) is 11.8 Å². The van der Waals surface area contributed by atoms with Crippen molar-refractivity contribution in [2.24, 2.45) is 0 Å². The Balaban J connectivity index is 2.93. The minimum Gasteiger partial charge on any atom is -0.376 e. The molecule has 0 fully saturated rings. The first-order valence-electron chi connectivity index (χ1n) is 5.43. The van der Waals surface area contributed by atoms with Crippen molar-refractivity contribution < 1.29 is 9.31 Å². The number of nitrogens with one attached hydrogen (secondary N) is 1. The van der Waals surface area contributed by atoms with Crippen molar-refractivity contribution in [3.05, 3.63) is 32.5 Å². The normalized spacial score (nSPS) is 12.2. The number of rotatable bonds is 6. The van der Waals surface area contributed by atoms with Gasteiger partial charge in [-0.15, -0.1) is 0 Å². The van der Waals surface area contributed by atoms with E-state index in [1.165, 1.54) is 6.07 Å². The predicted octanol–water partition coefficient (Wildman–Crippen LogP) is 4.05. The Bertz CT molecular complexity index is 445. The van der Waals surface area contributed by atoms with Crippen molar-refractivity contribution >= 4 is 39.1 Å². The van der Waals surface area contributed by atoms with E-state index in [2.05, 4.69) is 21.2 Å². The minimum atomic E-state index is -0.636. The second kappa shape index (κ2) is 6.94. The molecule has 18 heavy (non-hydrogen) atoms. The molecule has 100 valence electrons. The van der Waals surface area contributed by atoms with E-state index in [0.29, 0.717) is 5.69 Å². The Morgan fingerprint density at radius 1 is 1.61 bits per heavy atom. The molecule has 0 heterocycles. The summed E-state index contributed by atoms with van der Waals surface area (Å²) in [4.78, 5) is 10.3. The summed E-state index contributed by atoms with van der Waals surface area (Å²) >= 11 is 4.77. The molecule has 0 saturated carbocycles. The van der Waals surface area contributed by atoms with E-state index >= 15 is 0 Å². The molecule has 0 saturated heterocycles. The summed E-state index contributed by atoms with van der Waals surface area (Å²) in [5.41, 5.74) is 0.0847. The van der Waals surface area contributed by atoms with Crippen molar-refractivity contribution in [3.63, 3.8) is 0 Å². The van der Waals surface area contributed by atoms with Gasteiger partial charge in [0.15, 0.2) is 0 Å². The molecule has 1 aromatic rings. The van der Waals surface area contributed by atoms with Crippen LogP contribution >= 0.6 is 27.7 Å². The Morgan fingerprint density at radius 2 is 2.28 bits per heavy atom. The summed E-state index contributed by atoms with van der Waals surface area (Å²) in [5.74, 6) is 1.19. The molecule has 0 spiro atoms. The highest BCUT2D eigenvalue weighted by molar-refractivity contribution is 9.10. The van der Waals surface area contributed by atoms with Crippen LogP contribution in [0.4, 0.5) is 15.8 Å². The van der Waals surface area contributed by atoms with Gasteiger partial charge in [-0.25, -0.2) is 4.39 Å². The molecule has 1 atom stereocenters. The molecule has 1 rings (SSSR count). The largest absolute Gasteiger partial charge is 0.376 e. The first-order valence-corrected chi connectivity index (χ1v) is 7.38. The SMILES string of the molecule is CCSCC(C)Nc1cc(Br)c(F)cc1[N+](=O)[O-]. The minimum absolute atomic E-state index is 0.0750. The van der Waals surface area contributed by atoms with Crippen LogP contribution in [-0.4, -0.2) is 22.5 Å². The smallest absolute Gasteiger partial charge is 0.295 e. The van der Waals surface area contributed by atoms with Gasteiger partial charge in [0.2, 0.25) is 0 Å². The van der Waals surface area contributed by atoms with Gasteiger partial charge in [-0.1, -0.05) is 6.92 Å². The van der Waals surface area contributed by atoms with Gasteiger partial charge in [0.1, 0.15) is 11.5 Å². The van der Waals surface area contributed by atoms with E-state index in [0.717, 1.165) is 17.6 Å². The van der Waals surface area contributed by atoms with E-state index in [4.69, 9.17) is 0 Å². The molecule has 0 aliphatic rings. The number of hydrogen-bond acceptors (Lipinski definition) is 4. The molecule has 1 unspecified atom stereocenters. The Labute approximate surface area is 118 Å². The fourth-order valence-corrected chi connectivity index (χ4v) is 2.42. The van der Waals surface area contributed by atoms with Gasteiger partial charge >= 0.3 is 0 Å². The molecular formula is C11H14BrFN2O2S. The van der Waals surface area contributed by atoms with E-state index < -0.39 is 10.7 Å². The van der Waals surface area contributed by atoms with Crippen molar-refractivity contribution in [1.82, 2.24) is 0 Å². The average Bonchev–Trinajstić information content (AvgIpc) is 2.30.